The van der Waals surface area contributed by atoms with Gasteiger partial charge in [-0.25, -0.2) is 4.98 Å². The van der Waals surface area contributed by atoms with Crippen molar-refractivity contribution in [2.45, 2.75) is 6.92 Å². The first-order chi connectivity index (χ1) is 8.49. The summed E-state index contributed by atoms with van der Waals surface area (Å²) in [5, 5.41) is 10.6. The molecule has 2 rings (SSSR count). The summed E-state index contributed by atoms with van der Waals surface area (Å²) in [6.45, 7) is 1.70. The van der Waals surface area contributed by atoms with Crippen molar-refractivity contribution in [1.29, 1.82) is 0 Å². The third kappa shape index (κ3) is 2.39. The molecule has 7 heteroatoms. The monoisotopic (exact) mass is 282 g/mol. The van der Waals surface area contributed by atoms with E-state index in [1.165, 1.54) is 23.5 Å². The van der Waals surface area contributed by atoms with Crippen molar-refractivity contribution in [1.82, 2.24) is 4.98 Å². The largest absolute Gasteiger partial charge is 0.275 e. The van der Waals surface area contributed by atoms with Gasteiger partial charge >= 0.3 is 0 Å². The summed E-state index contributed by atoms with van der Waals surface area (Å²) in [6, 6.07) is 5.99. The Balaban J connectivity index is 2.40. The molecule has 0 saturated carbocycles. The van der Waals surface area contributed by atoms with Crippen LogP contribution in [-0.2, 0) is 0 Å². The highest BCUT2D eigenvalue weighted by molar-refractivity contribution is 7.18. The van der Waals surface area contributed by atoms with Crippen LogP contribution in [0, 0.1) is 17.0 Å². The summed E-state index contributed by atoms with van der Waals surface area (Å²) in [4.78, 5) is 25.8. The van der Waals surface area contributed by atoms with Gasteiger partial charge < -0.3 is 0 Å². The molecule has 0 aliphatic carbocycles. The molecule has 0 atom stereocenters. The maximum atomic E-state index is 11.1. The second kappa shape index (κ2) is 4.83. The highest BCUT2D eigenvalue weighted by Gasteiger charge is 2.14. The number of hydrogen-bond donors (Lipinski definition) is 0. The van der Waals surface area contributed by atoms with Crippen molar-refractivity contribution in [2.24, 2.45) is 0 Å². The molecule has 0 radical (unpaired) electrons. The molecule has 0 fully saturated rings. The van der Waals surface area contributed by atoms with Gasteiger partial charge in [0.05, 0.1) is 10.6 Å². The maximum Gasteiger partial charge on any atom is 0.269 e. The molecule has 1 aromatic carbocycles. The van der Waals surface area contributed by atoms with Gasteiger partial charge in [0.15, 0.2) is 0 Å². The number of aryl methyl sites for hydroxylation is 1. The van der Waals surface area contributed by atoms with Crippen LogP contribution < -0.4 is 0 Å². The third-order valence-electron chi connectivity index (χ3n) is 2.30. The number of benzene rings is 1. The van der Waals surface area contributed by atoms with E-state index < -0.39 is 10.2 Å². The van der Waals surface area contributed by atoms with Gasteiger partial charge in [-0.3, -0.25) is 14.9 Å². The van der Waals surface area contributed by atoms with Crippen molar-refractivity contribution < 1.29 is 9.72 Å². The smallest absolute Gasteiger partial charge is 0.269 e. The number of carbonyl (C=O) groups is 1. The predicted octanol–water partition coefficient (Wildman–Crippen LogP) is 3.41. The Bertz CT molecular complexity index is 622. The zero-order valence-electron chi connectivity index (χ0n) is 9.21. The molecule has 5 nitrogen and oxygen atoms in total. The number of carbonyl (C=O) groups excluding carboxylic acids is 1. The lowest BCUT2D eigenvalue weighted by atomic mass is 10.2. The molecular weight excluding hydrogens is 276 g/mol. The summed E-state index contributed by atoms with van der Waals surface area (Å²) in [7, 11) is 0. The quantitative estimate of drug-likeness (QED) is 0.491. The number of hydrogen-bond acceptors (Lipinski definition) is 5. The van der Waals surface area contributed by atoms with Crippen LogP contribution in [-0.4, -0.2) is 15.1 Å². The number of nitro groups is 1. The number of halogens is 1. The lowest BCUT2D eigenvalue weighted by molar-refractivity contribution is -0.384. The topological polar surface area (TPSA) is 73.1 Å². The Morgan fingerprint density at radius 1 is 1.39 bits per heavy atom. The number of non-ortho nitro benzene ring substituents is 1. The zero-order chi connectivity index (χ0) is 13.3. The van der Waals surface area contributed by atoms with E-state index in [1.807, 2.05) is 0 Å². The van der Waals surface area contributed by atoms with Crippen LogP contribution in [0.4, 0.5) is 5.69 Å². The third-order valence-corrected chi connectivity index (χ3v) is 3.81. The average Bonchev–Trinajstić information content (AvgIpc) is 2.71. The first-order valence-corrected chi connectivity index (χ1v) is 6.10. The second-order valence-corrected chi connectivity index (χ2v) is 4.85. The fraction of sp³-hybridized carbons (Fsp3) is 0.0909. The van der Waals surface area contributed by atoms with Crippen molar-refractivity contribution >= 4 is 33.9 Å². The van der Waals surface area contributed by atoms with E-state index in [2.05, 4.69) is 4.98 Å². The van der Waals surface area contributed by atoms with Crippen LogP contribution in [0.1, 0.15) is 15.4 Å². The summed E-state index contributed by atoms with van der Waals surface area (Å²) in [5.74, 6) is 0. The molecule has 92 valence electrons. The summed E-state index contributed by atoms with van der Waals surface area (Å²) < 4.78 is 0. The number of nitrogens with zero attached hydrogens (tertiary/aromatic N) is 2. The Morgan fingerprint density at radius 3 is 2.44 bits per heavy atom. The highest BCUT2D eigenvalue weighted by atomic mass is 35.5. The first-order valence-electron chi connectivity index (χ1n) is 4.91. The van der Waals surface area contributed by atoms with Gasteiger partial charge in [-0.2, -0.15) is 0 Å². The van der Waals surface area contributed by atoms with Gasteiger partial charge in [-0.05, 0) is 30.7 Å². The predicted molar refractivity (Wildman–Crippen MR) is 69.1 cm³/mol. The Kier molecular flexibility index (Phi) is 3.40. The SMILES string of the molecule is Cc1nc(-c2ccc([N+](=O)[O-])cc2)sc1C(=O)Cl. The van der Waals surface area contributed by atoms with Gasteiger partial charge in [0.25, 0.3) is 10.9 Å². The molecule has 0 saturated heterocycles. The van der Waals surface area contributed by atoms with E-state index in [-0.39, 0.29) is 5.69 Å². The molecule has 0 unspecified atom stereocenters. The van der Waals surface area contributed by atoms with E-state index in [4.69, 9.17) is 11.6 Å². The standard InChI is InChI=1S/C11H7ClN2O3S/c1-6-9(10(12)15)18-11(13-6)7-2-4-8(5-3-7)14(16)17/h2-5H,1H3. The number of rotatable bonds is 3. The van der Waals surface area contributed by atoms with Crippen molar-refractivity contribution in [3.05, 3.63) is 45.0 Å². The Labute approximate surface area is 111 Å². The molecule has 0 aliphatic rings. The highest BCUT2D eigenvalue weighted by Crippen LogP contribution is 2.29. The van der Waals surface area contributed by atoms with Crippen LogP contribution in [0.15, 0.2) is 24.3 Å². The average molecular weight is 283 g/mol. The molecule has 0 bridgehead atoms. The fourth-order valence-electron chi connectivity index (χ4n) is 1.43. The van der Waals surface area contributed by atoms with Crippen molar-refractivity contribution in [3.8, 4) is 10.6 Å². The van der Waals surface area contributed by atoms with Crippen LogP contribution in [0.25, 0.3) is 10.6 Å². The molecule has 2 aromatic rings. The van der Waals surface area contributed by atoms with Crippen LogP contribution in [0.5, 0.6) is 0 Å². The lowest BCUT2D eigenvalue weighted by Gasteiger charge is -1.95. The van der Waals surface area contributed by atoms with Gasteiger partial charge in [0.1, 0.15) is 9.88 Å². The number of thiazole rings is 1. The molecule has 1 aromatic heterocycles. The van der Waals surface area contributed by atoms with E-state index in [0.29, 0.717) is 15.6 Å². The summed E-state index contributed by atoms with van der Waals surface area (Å²) >= 11 is 6.59. The van der Waals surface area contributed by atoms with Crippen LogP contribution in [0.2, 0.25) is 0 Å². The molecule has 0 aliphatic heterocycles. The minimum atomic E-state index is -0.543. The van der Waals surface area contributed by atoms with Gasteiger partial charge in [0.2, 0.25) is 0 Å². The molecule has 0 amide bonds. The lowest BCUT2D eigenvalue weighted by Crippen LogP contribution is -1.87. The van der Waals surface area contributed by atoms with E-state index in [0.717, 1.165) is 5.56 Å². The number of aromatic nitrogens is 1. The minimum Gasteiger partial charge on any atom is -0.275 e. The molecule has 18 heavy (non-hydrogen) atoms. The van der Waals surface area contributed by atoms with Gasteiger partial charge in [-0.15, -0.1) is 11.3 Å². The normalized spacial score (nSPS) is 10.3. The van der Waals surface area contributed by atoms with Crippen molar-refractivity contribution in [2.75, 3.05) is 0 Å². The fourth-order valence-corrected chi connectivity index (χ4v) is 2.58. The van der Waals surface area contributed by atoms with Crippen molar-refractivity contribution in [3.63, 3.8) is 0 Å². The Hall–Kier alpha value is -1.79. The molecule has 0 N–H and O–H groups in total. The first kappa shape index (κ1) is 12.7. The summed E-state index contributed by atoms with van der Waals surface area (Å²) in [6.07, 6.45) is 0. The summed E-state index contributed by atoms with van der Waals surface area (Å²) in [5.41, 5.74) is 1.30. The molecular formula is C11H7ClN2O3S. The molecule has 0 spiro atoms. The molecule has 1 heterocycles. The van der Waals surface area contributed by atoms with Gasteiger partial charge in [0, 0.05) is 17.7 Å². The van der Waals surface area contributed by atoms with E-state index in [1.54, 1.807) is 19.1 Å². The zero-order valence-corrected chi connectivity index (χ0v) is 10.8. The van der Waals surface area contributed by atoms with E-state index in [9.17, 15) is 14.9 Å². The minimum absolute atomic E-state index is 0.0145. The van der Waals surface area contributed by atoms with Gasteiger partial charge in [-0.1, -0.05) is 0 Å². The van der Waals surface area contributed by atoms with Crippen LogP contribution >= 0.6 is 22.9 Å². The second-order valence-electron chi connectivity index (χ2n) is 3.51. The van der Waals surface area contributed by atoms with E-state index >= 15 is 0 Å². The van der Waals surface area contributed by atoms with Crippen LogP contribution in [0.3, 0.4) is 0 Å². The Morgan fingerprint density at radius 2 is 2.00 bits per heavy atom. The number of nitro benzene ring substituents is 1. The maximum absolute atomic E-state index is 11.1.